The molecular weight excluding hydrogens is 294 g/mol. The topological polar surface area (TPSA) is 78.0 Å². The van der Waals surface area contributed by atoms with Gasteiger partial charge in [-0.25, -0.2) is 0 Å². The number of carbonyl (C=O) groups is 1. The smallest absolute Gasteiger partial charge is 0.221 e. The SMILES string of the molecule is CCNC(=NCC(C)N1CCOCC1)NCCC(=O)NC(C)C. The van der Waals surface area contributed by atoms with Crippen LogP contribution in [0.1, 0.15) is 34.1 Å². The van der Waals surface area contributed by atoms with Gasteiger partial charge in [0.2, 0.25) is 5.91 Å². The first-order valence-corrected chi connectivity index (χ1v) is 8.66. The van der Waals surface area contributed by atoms with Crippen LogP contribution in [0.2, 0.25) is 0 Å². The Hall–Kier alpha value is -1.34. The number of guanidine groups is 1. The monoisotopic (exact) mass is 327 g/mol. The molecule has 1 heterocycles. The van der Waals surface area contributed by atoms with Crippen molar-refractivity contribution in [2.75, 3.05) is 45.9 Å². The molecule has 0 saturated carbocycles. The highest BCUT2D eigenvalue weighted by molar-refractivity contribution is 5.81. The summed E-state index contributed by atoms with van der Waals surface area (Å²) in [4.78, 5) is 18.7. The van der Waals surface area contributed by atoms with Crippen LogP contribution in [0.4, 0.5) is 0 Å². The molecule has 1 fully saturated rings. The number of morpholine rings is 1. The molecule has 1 rings (SSSR count). The van der Waals surface area contributed by atoms with E-state index in [1.165, 1.54) is 0 Å². The lowest BCUT2D eigenvalue weighted by Gasteiger charge is -2.31. The van der Waals surface area contributed by atoms with Gasteiger partial charge in [0.15, 0.2) is 5.96 Å². The first-order chi connectivity index (χ1) is 11.0. The molecule has 0 aliphatic carbocycles. The summed E-state index contributed by atoms with van der Waals surface area (Å²) in [6.07, 6.45) is 0.446. The number of hydrogen-bond acceptors (Lipinski definition) is 4. The Morgan fingerprint density at radius 1 is 1.22 bits per heavy atom. The fraction of sp³-hybridized carbons (Fsp3) is 0.875. The molecular formula is C16H33N5O2. The second-order valence-electron chi connectivity index (χ2n) is 6.12. The third-order valence-electron chi connectivity index (χ3n) is 3.62. The van der Waals surface area contributed by atoms with E-state index in [0.717, 1.165) is 45.4 Å². The van der Waals surface area contributed by atoms with Crippen LogP contribution in [0, 0.1) is 0 Å². The average Bonchev–Trinajstić information content (AvgIpc) is 2.52. The summed E-state index contributed by atoms with van der Waals surface area (Å²) in [6, 6.07) is 0.567. The maximum Gasteiger partial charge on any atom is 0.221 e. The zero-order chi connectivity index (χ0) is 17.1. The summed E-state index contributed by atoms with van der Waals surface area (Å²) in [5.41, 5.74) is 0. The Morgan fingerprint density at radius 3 is 2.52 bits per heavy atom. The maximum atomic E-state index is 11.6. The van der Waals surface area contributed by atoms with Gasteiger partial charge in [-0.1, -0.05) is 0 Å². The van der Waals surface area contributed by atoms with Gasteiger partial charge in [0.1, 0.15) is 0 Å². The molecule has 0 spiro atoms. The lowest BCUT2D eigenvalue weighted by Crippen LogP contribution is -2.45. The molecule has 7 heteroatoms. The minimum Gasteiger partial charge on any atom is -0.379 e. The molecule has 1 aliphatic heterocycles. The van der Waals surface area contributed by atoms with Crippen molar-refractivity contribution in [1.82, 2.24) is 20.9 Å². The lowest BCUT2D eigenvalue weighted by molar-refractivity contribution is -0.121. The summed E-state index contributed by atoms with van der Waals surface area (Å²) >= 11 is 0. The van der Waals surface area contributed by atoms with Crippen LogP contribution in [0.3, 0.4) is 0 Å². The minimum absolute atomic E-state index is 0.0602. The molecule has 0 bridgehead atoms. The van der Waals surface area contributed by atoms with E-state index < -0.39 is 0 Å². The van der Waals surface area contributed by atoms with E-state index in [4.69, 9.17) is 4.74 Å². The molecule has 1 atom stereocenters. The van der Waals surface area contributed by atoms with Crippen molar-refractivity contribution >= 4 is 11.9 Å². The third-order valence-corrected chi connectivity index (χ3v) is 3.62. The third kappa shape index (κ3) is 8.76. The molecule has 1 aliphatic rings. The van der Waals surface area contributed by atoms with Crippen LogP contribution < -0.4 is 16.0 Å². The number of aliphatic imine (C=N–C) groups is 1. The predicted octanol–water partition coefficient (Wildman–Crippen LogP) is 0.177. The zero-order valence-electron chi connectivity index (χ0n) is 15.0. The summed E-state index contributed by atoms with van der Waals surface area (Å²) in [5, 5.41) is 9.32. The van der Waals surface area contributed by atoms with Crippen molar-refractivity contribution in [3.8, 4) is 0 Å². The van der Waals surface area contributed by atoms with Crippen molar-refractivity contribution in [3.05, 3.63) is 0 Å². The van der Waals surface area contributed by atoms with Crippen LogP contribution in [-0.2, 0) is 9.53 Å². The largest absolute Gasteiger partial charge is 0.379 e. The standard InChI is InChI=1S/C16H33N5O2/c1-5-17-16(18-7-6-15(22)20-13(2)3)19-12-14(4)21-8-10-23-11-9-21/h13-14H,5-12H2,1-4H3,(H,20,22)(H2,17,18,19). The van der Waals surface area contributed by atoms with E-state index in [1.54, 1.807) is 0 Å². The van der Waals surface area contributed by atoms with Gasteiger partial charge in [-0.15, -0.1) is 0 Å². The molecule has 0 aromatic rings. The van der Waals surface area contributed by atoms with Crippen LogP contribution in [0.25, 0.3) is 0 Å². The Bertz CT molecular complexity index is 367. The van der Waals surface area contributed by atoms with E-state index in [0.29, 0.717) is 19.0 Å². The predicted molar refractivity (Wildman–Crippen MR) is 93.7 cm³/mol. The molecule has 0 radical (unpaired) electrons. The van der Waals surface area contributed by atoms with Crippen molar-refractivity contribution in [3.63, 3.8) is 0 Å². The highest BCUT2D eigenvalue weighted by atomic mass is 16.5. The Labute approximate surface area is 140 Å². The van der Waals surface area contributed by atoms with E-state index in [9.17, 15) is 4.79 Å². The van der Waals surface area contributed by atoms with Crippen molar-refractivity contribution in [2.45, 2.75) is 46.2 Å². The number of nitrogens with one attached hydrogen (secondary N) is 3. The molecule has 1 amide bonds. The molecule has 0 aromatic heterocycles. The number of amides is 1. The van der Waals surface area contributed by atoms with Gasteiger partial charge in [-0.3, -0.25) is 14.7 Å². The van der Waals surface area contributed by atoms with Gasteiger partial charge in [0.25, 0.3) is 0 Å². The molecule has 134 valence electrons. The summed E-state index contributed by atoms with van der Waals surface area (Å²) in [5.74, 6) is 0.829. The van der Waals surface area contributed by atoms with Crippen molar-refractivity contribution in [2.24, 2.45) is 4.99 Å². The summed E-state index contributed by atoms with van der Waals surface area (Å²) in [6.45, 7) is 13.8. The fourth-order valence-electron chi connectivity index (χ4n) is 2.39. The molecule has 3 N–H and O–H groups in total. The quantitative estimate of drug-likeness (QED) is 0.438. The Morgan fingerprint density at radius 2 is 1.91 bits per heavy atom. The minimum atomic E-state index is 0.0602. The highest BCUT2D eigenvalue weighted by Crippen LogP contribution is 2.03. The first kappa shape index (κ1) is 19.7. The van der Waals surface area contributed by atoms with Gasteiger partial charge in [0, 0.05) is 44.7 Å². The normalized spacial score (nSPS) is 17.9. The van der Waals surface area contributed by atoms with Crippen LogP contribution in [0.5, 0.6) is 0 Å². The molecule has 0 aromatic carbocycles. The summed E-state index contributed by atoms with van der Waals surface area (Å²) < 4.78 is 5.38. The van der Waals surface area contributed by atoms with Crippen molar-refractivity contribution < 1.29 is 9.53 Å². The number of carbonyl (C=O) groups excluding carboxylic acids is 1. The van der Waals surface area contributed by atoms with Crippen molar-refractivity contribution in [1.29, 1.82) is 0 Å². The maximum absolute atomic E-state index is 11.6. The van der Waals surface area contributed by atoms with Crippen LogP contribution in [0.15, 0.2) is 4.99 Å². The zero-order valence-corrected chi connectivity index (χ0v) is 15.0. The second-order valence-corrected chi connectivity index (χ2v) is 6.12. The van der Waals surface area contributed by atoms with Crippen LogP contribution >= 0.6 is 0 Å². The second kappa shape index (κ2) is 11.2. The molecule has 7 nitrogen and oxygen atoms in total. The van der Waals surface area contributed by atoms with Crippen LogP contribution in [-0.4, -0.2) is 74.8 Å². The van der Waals surface area contributed by atoms with E-state index in [1.807, 2.05) is 20.8 Å². The Kier molecular flexibility index (Phi) is 9.63. The van der Waals surface area contributed by atoms with Gasteiger partial charge in [0.05, 0.1) is 19.8 Å². The van der Waals surface area contributed by atoms with E-state index >= 15 is 0 Å². The van der Waals surface area contributed by atoms with Gasteiger partial charge in [-0.2, -0.15) is 0 Å². The summed E-state index contributed by atoms with van der Waals surface area (Å²) in [7, 11) is 0. The lowest BCUT2D eigenvalue weighted by atomic mass is 10.2. The van der Waals surface area contributed by atoms with E-state index in [2.05, 4.69) is 32.8 Å². The van der Waals surface area contributed by atoms with Gasteiger partial charge in [-0.05, 0) is 27.7 Å². The average molecular weight is 327 g/mol. The molecule has 1 saturated heterocycles. The van der Waals surface area contributed by atoms with E-state index in [-0.39, 0.29) is 11.9 Å². The molecule has 23 heavy (non-hydrogen) atoms. The fourth-order valence-corrected chi connectivity index (χ4v) is 2.39. The van der Waals surface area contributed by atoms with Gasteiger partial charge >= 0.3 is 0 Å². The first-order valence-electron chi connectivity index (χ1n) is 8.66. The molecule has 1 unspecified atom stereocenters. The highest BCUT2D eigenvalue weighted by Gasteiger charge is 2.16. The number of rotatable bonds is 8. The number of ether oxygens (including phenoxy) is 1. The van der Waals surface area contributed by atoms with Gasteiger partial charge < -0.3 is 20.7 Å². The number of hydrogen-bond donors (Lipinski definition) is 3. The Balaban J connectivity index is 2.35. The number of nitrogens with zero attached hydrogens (tertiary/aromatic N) is 2.